The van der Waals surface area contributed by atoms with Gasteiger partial charge in [-0.05, 0) is 80.3 Å². The molecule has 2 aromatic heterocycles. The number of benzene rings is 2. The van der Waals surface area contributed by atoms with Crippen LogP contribution in [0, 0.1) is 0 Å². The van der Waals surface area contributed by atoms with Gasteiger partial charge in [0, 0.05) is 61.8 Å². The molecule has 0 amide bonds. The quantitative estimate of drug-likeness (QED) is 0.235. The van der Waals surface area contributed by atoms with Crippen molar-refractivity contribution < 1.29 is 24.5 Å². The van der Waals surface area contributed by atoms with Gasteiger partial charge in [0.2, 0.25) is 0 Å². The normalized spacial score (nSPS) is 13.6. The van der Waals surface area contributed by atoms with E-state index in [0.29, 0.717) is 60.2 Å². The van der Waals surface area contributed by atoms with Crippen LogP contribution in [-0.2, 0) is 25.7 Å². The number of aromatic amines is 2. The maximum Gasteiger partial charge on any atom is 0.353 e. The summed E-state index contributed by atoms with van der Waals surface area (Å²) in [7, 11) is 7.73. The molecular weight excluding hydrogens is 588 g/mol. The predicted octanol–water partition coefficient (Wildman–Crippen LogP) is 4.52. The van der Waals surface area contributed by atoms with E-state index in [1.165, 1.54) is 0 Å². The fraction of sp³-hybridized carbons (Fsp3) is 0.314. The van der Waals surface area contributed by atoms with E-state index in [-0.39, 0.29) is 0 Å². The Hall–Kier alpha value is -5.32. The molecule has 0 saturated carbocycles. The highest BCUT2D eigenvalue weighted by Crippen LogP contribution is 2.40. The maximum absolute atomic E-state index is 13.8. The van der Waals surface area contributed by atoms with Crippen molar-refractivity contribution in [1.29, 1.82) is 0 Å². The molecule has 0 radical (unpaired) electrons. The van der Waals surface area contributed by atoms with E-state index in [9.17, 15) is 29.4 Å². The van der Waals surface area contributed by atoms with E-state index in [0.717, 1.165) is 40.9 Å². The van der Waals surface area contributed by atoms with Crippen molar-refractivity contribution in [3.63, 3.8) is 0 Å². The molecule has 11 heteroatoms. The number of nitrogens with one attached hydrogen (secondary N) is 2. The summed E-state index contributed by atoms with van der Waals surface area (Å²) in [5, 5.41) is 21.5. The summed E-state index contributed by atoms with van der Waals surface area (Å²) in [6.45, 7) is 0. The molecule has 0 aliphatic heterocycles. The van der Waals surface area contributed by atoms with Crippen molar-refractivity contribution in [2.45, 2.75) is 44.9 Å². The van der Waals surface area contributed by atoms with Gasteiger partial charge in [-0.2, -0.15) is 0 Å². The summed E-state index contributed by atoms with van der Waals surface area (Å²) in [5.41, 5.74) is 3.73. The third-order valence-corrected chi connectivity index (χ3v) is 8.92. The smallest absolute Gasteiger partial charge is 0.353 e. The molecule has 46 heavy (non-hydrogen) atoms. The summed E-state index contributed by atoms with van der Waals surface area (Å²) in [4.78, 5) is 62.3. The first-order valence-corrected chi connectivity index (χ1v) is 15.3. The molecule has 4 aromatic rings. The predicted molar refractivity (Wildman–Crippen MR) is 176 cm³/mol. The zero-order valence-electron chi connectivity index (χ0n) is 26.2. The standard InChI is InChI=1S/C35H36N4O7/c1-38(2)20-12-14-22-18(16-20)8-5-6-10-24-28(22)36-32(41)26(30(24)40)35(45)46-31-25-11-7-9-19-17-21(39(3)4)13-15-23(19)29(25)37-33(42)27(31)34(43)44/h12-17H,5-11H2,1-4H3,(H,37,42)(H,43,44)(H2,36,40,41). The van der Waals surface area contributed by atoms with Crippen molar-refractivity contribution in [3.05, 3.63) is 90.5 Å². The molecule has 0 atom stereocenters. The first-order valence-electron chi connectivity index (χ1n) is 15.3. The third-order valence-electron chi connectivity index (χ3n) is 8.92. The number of nitrogens with zero attached hydrogens (tertiary/aromatic N) is 2. The number of anilines is 2. The molecule has 0 fully saturated rings. The van der Waals surface area contributed by atoms with Crippen molar-refractivity contribution >= 4 is 23.3 Å². The number of hydrogen-bond donors (Lipinski definition) is 4. The van der Waals surface area contributed by atoms with Gasteiger partial charge in [-0.1, -0.05) is 12.1 Å². The van der Waals surface area contributed by atoms with Gasteiger partial charge in [-0.3, -0.25) is 9.59 Å². The number of hydrogen-bond acceptors (Lipinski definition) is 8. The van der Waals surface area contributed by atoms with E-state index in [4.69, 9.17) is 4.74 Å². The number of pyridine rings is 2. The average Bonchev–Trinajstić information content (AvgIpc) is 3.17. The van der Waals surface area contributed by atoms with Crippen molar-refractivity contribution in [2.75, 3.05) is 38.0 Å². The summed E-state index contributed by atoms with van der Waals surface area (Å²) in [5.74, 6) is -3.76. The van der Waals surface area contributed by atoms with Crippen LogP contribution in [-0.4, -0.2) is 60.3 Å². The van der Waals surface area contributed by atoms with Gasteiger partial charge in [-0.25, -0.2) is 9.59 Å². The lowest BCUT2D eigenvalue weighted by Gasteiger charge is -2.22. The first-order chi connectivity index (χ1) is 22.0. The second-order valence-corrected chi connectivity index (χ2v) is 12.3. The molecule has 0 spiro atoms. The highest BCUT2D eigenvalue weighted by Gasteiger charge is 2.32. The number of carboxylic acid groups (broad SMARTS) is 1. The molecule has 238 valence electrons. The van der Waals surface area contributed by atoms with E-state index >= 15 is 0 Å². The molecule has 2 aromatic carbocycles. The number of aromatic carboxylic acids is 1. The Bertz CT molecular complexity index is 2020. The van der Waals surface area contributed by atoms with Crippen LogP contribution < -0.4 is 25.7 Å². The lowest BCUT2D eigenvalue weighted by molar-refractivity contribution is 0.0677. The first kappa shape index (κ1) is 30.7. The number of aromatic hydroxyl groups is 1. The number of carbonyl (C=O) groups is 2. The third kappa shape index (κ3) is 5.31. The topological polar surface area (TPSA) is 156 Å². The van der Waals surface area contributed by atoms with Gasteiger partial charge < -0.3 is 34.7 Å². The summed E-state index contributed by atoms with van der Waals surface area (Å²) in [6, 6.07) is 11.6. The number of rotatable bonds is 5. The molecule has 2 aliphatic rings. The molecule has 6 rings (SSSR count). The van der Waals surface area contributed by atoms with Crippen LogP contribution in [0.5, 0.6) is 11.5 Å². The van der Waals surface area contributed by atoms with Crippen molar-refractivity contribution in [3.8, 4) is 34.0 Å². The minimum absolute atomic E-state index is 0.305. The van der Waals surface area contributed by atoms with Gasteiger partial charge in [0.25, 0.3) is 11.1 Å². The number of aryl methyl sites for hydroxylation is 2. The fourth-order valence-electron chi connectivity index (χ4n) is 6.52. The SMILES string of the molecule is CN(C)c1ccc2c(c1)CCCCc1c-2[nH]c(=O)c(C(=O)Oc2c3c([nH]c(=O)c2C(=O)O)-c2ccc(N(C)C)cc2CCC3)c1O. The van der Waals surface area contributed by atoms with Crippen LogP contribution in [0.4, 0.5) is 11.4 Å². The number of aromatic nitrogens is 2. The van der Waals surface area contributed by atoms with Gasteiger partial charge in [0.05, 0.1) is 11.4 Å². The zero-order chi connectivity index (χ0) is 32.9. The number of carboxylic acids is 1. The summed E-state index contributed by atoms with van der Waals surface area (Å²) in [6.07, 6.45) is 4.26. The van der Waals surface area contributed by atoms with Crippen LogP contribution in [0.25, 0.3) is 22.5 Å². The van der Waals surface area contributed by atoms with Crippen LogP contribution >= 0.6 is 0 Å². The second kappa shape index (κ2) is 11.9. The lowest BCUT2D eigenvalue weighted by atomic mass is 9.89. The van der Waals surface area contributed by atoms with Gasteiger partial charge in [-0.15, -0.1) is 0 Å². The van der Waals surface area contributed by atoms with E-state index in [2.05, 4.69) is 9.97 Å². The molecule has 0 bridgehead atoms. The minimum Gasteiger partial charge on any atom is -0.506 e. The number of H-pyrrole nitrogens is 2. The molecule has 4 N–H and O–H groups in total. The Kier molecular flexibility index (Phi) is 7.93. The van der Waals surface area contributed by atoms with Crippen molar-refractivity contribution in [2.24, 2.45) is 0 Å². The Labute approximate surface area is 265 Å². The molecular formula is C35H36N4O7. The van der Waals surface area contributed by atoms with Gasteiger partial charge >= 0.3 is 11.9 Å². The van der Waals surface area contributed by atoms with Crippen LogP contribution in [0.2, 0.25) is 0 Å². The number of esters is 1. The Balaban J connectivity index is 1.47. The van der Waals surface area contributed by atoms with Crippen LogP contribution in [0.1, 0.15) is 62.2 Å². The highest BCUT2D eigenvalue weighted by atomic mass is 16.5. The summed E-state index contributed by atoms with van der Waals surface area (Å²) >= 11 is 0. The molecule has 0 unspecified atom stereocenters. The van der Waals surface area contributed by atoms with Gasteiger partial charge in [0.1, 0.15) is 5.75 Å². The lowest BCUT2D eigenvalue weighted by Crippen LogP contribution is -2.27. The average molecular weight is 625 g/mol. The minimum atomic E-state index is -1.58. The summed E-state index contributed by atoms with van der Waals surface area (Å²) < 4.78 is 5.69. The van der Waals surface area contributed by atoms with Crippen LogP contribution in [0.3, 0.4) is 0 Å². The maximum atomic E-state index is 13.8. The van der Waals surface area contributed by atoms with Crippen molar-refractivity contribution in [1.82, 2.24) is 9.97 Å². The van der Waals surface area contributed by atoms with Crippen LogP contribution in [0.15, 0.2) is 46.0 Å². The fourth-order valence-corrected chi connectivity index (χ4v) is 6.52. The molecule has 0 saturated heterocycles. The largest absolute Gasteiger partial charge is 0.506 e. The van der Waals surface area contributed by atoms with E-state index in [1.54, 1.807) is 0 Å². The molecule has 11 nitrogen and oxygen atoms in total. The Morgan fingerprint density at radius 2 is 1.22 bits per heavy atom. The Morgan fingerprint density at radius 1 is 0.717 bits per heavy atom. The van der Waals surface area contributed by atoms with E-state index < -0.39 is 45.7 Å². The molecule has 2 heterocycles. The number of fused-ring (bicyclic) bond motifs is 6. The van der Waals surface area contributed by atoms with Gasteiger partial charge in [0.15, 0.2) is 16.9 Å². The number of carbonyl (C=O) groups excluding carboxylic acids is 1. The second-order valence-electron chi connectivity index (χ2n) is 12.3. The molecule has 2 aliphatic carbocycles. The monoisotopic (exact) mass is 624 g/mol. The Morgan fingerprint density at radius 3 is 1.78 bits per heavy atom. The number of ether oxygens (including phenoxy) is 1. The highest BCUT2D eigenvalue weighted by molar-refractivity contribution is 5.98. The van der Waals surface area contributed by atoms with E-state index in [1.807, 2.05) is 74.4 Å². The zero-order valence-corrected chi connectivity index (χ0v) is 26.2.